The van der Waals surface area contributed by atoms with Gasteiger partial charge < -0.3 is 10.3 Å². The Labute approximate surface area is 117 Å². The summed E-state index contributed by atoms with van der Waals surface area (Å²) in [6, 6.07) is 0. The highest BCUT2D eigenvalue weighted by Crippen LogP contribution is 2.34. The number of halogens is 3. The highest BCUT2D eigenvalue weighted by molar-refractivity contribution is 14.1. The van der Waals surface area contributed by atoms with Crippen LogP contribution in [-0.2, 0) is 7.05 Å². The maximum atomic E-state index is 5.85. The van der Waals surface area contributed by atoms with Crippen molar-refractivity contribution in [1.29, 1.82) is 0 Å². The summed E-state index contributed by atoms with van der Waals surface area (Å²) in [7, 11) is 2.02. The third-order valence-corrected chi connectivity index (χ3v) is 5.99. The molecule has 6 heteroatoms. The molecule has 0 aliphatic carbocycles. The van der Waals surface area contributed by atoms with Crippen molar-refractivity contribution in [2.75, 3.05) is 5.73 Å². The van der Waals surface area contributed by atoms with Crippen molar-refractivity contribution in [3.8, 4) is 0 Å². The maximum absolute atomic E-state index is 5.85. The lowest BCUT2D eigenvalue weighted by Crippen LogP contribution is -1.93. The first-order valence-electron chi connectivity index (χ1n) is 3.77. The number of hydrogen-bond acceptors (Lipinski definition) is 2. The largest absolute Gasteiger partial charge is 0.383 e. The fourth-order valence-electron chi connectivity index (χ4n) is 1.39. The molecule has 14 heavy (non-hydrogen) atoms. The van der Waals surface area contributed by atoms with Gasteiger partial charge in [-0.1, -0.05) is 0 Å². The van der Waals surface area contributed by atoms with Crippen molar-refractivity contribution in [2.45, 2.75) is 0 Å². The van der Waals surface area contributed by atoms with Gasteiger partial charge in [-0.15, -0.1) is 0 Å². The Hall–Kier alpha value is 0.430. The van der Waals surface area contributed by atoms with Gasteiger partial charge in [-0.3, -0.25) is 0 Å². The second-order valence-electron chi connectivity index (χ2n) is 2.88. The molecule has 0 aliphatic heterocycles. The zero-order valence-corrected chi connectivity index (χ0v) is 13.1. The quantitative estimate of drug-likeness (QED) is 0.593. The number of aryl methyl sites for hydroxylation is 1. The Morgan fingerprint density at radius 1 is 1.50 bits per heavy atom. The number of nitrogens with zero attached hydrogens (tertiary/aromatic N) is 2. The molecule has 0 saturated carbocycles. The Bertz CT molecular complexity index is 476. The van der Waals surface area contributed by atoms with Crippen molar-refractivity contribution in [1.82, 2.24) is 9.55 Å². The molecule has 2 rings (SSSR count). The average molecular weight is 478 g/mol. The van der Waals surface area contributed by atoms with E-state index in [2.05, 4.69) is 70.7 Å². The highest BCUT2D eigenvalue weighted by atomic mass is 127. The van der Waals surface area contributed by atoms with Crippen LogP contribution in [0.1, 0.15) is 0 Å². The van der Waals surface area contributed by atoms with Gasteiger partial charge in [0.2, 0.25) is 0 Å². The van der Waals surface area contributed by atoms with E-state index in [0.717, 1.165) is 18.9 Å². The molecule has 2 aromatic rings. The Morgan fingerprint density at radius 3 is 2.71 bits per heavy atom. The van der Waals surface area contributed by atoms with Gasteiger partial charge in [0.1, 0.15) is 5.82 Å². The predicted molar refractivity (Wildman–Crippen MR) is 78.3 cm³/mol. The number of rotatable bonds is 0. The van der Waals surface area contributed by atoms with E-state index in [1.54, 1.807) is 6.20 Å². The molecule has 3 nitrogen and oxygen atoms in total. The molecule has 0 saturated heterocycles. The van der Waals surface area contributed by atoms with Crippen LogP contribution >= 0.6 is 61.1 Å². The fourth-order valence-corrected chi connectivity index (χ4v) is 3.36. The number of aromatic nitrogens is 2. The monoisotopic (exact) mass is 477 g/mol. The minimum Gasteiger partial charge on any atom is -0.383 e. The molecule has 2 aromatic heterocycles. The van der Waals surface area contributed by atoms with Gasteiger partial charge in [-0.2, -0.15) is 0 Å². The summed E-state index contributed by atoms with van der Waals surface area (Å²) in [4.78, 5) is 4.13. The van der Waals surface area contributed by atoms with E-state index in [1.165, 1.54) is 3.70 Å². The fraction of sp³-hybridized carbons (Fsp3) is 0.125. The van der Waals surface area contributed by atoms with E-state index in [-0.39, 0.29) is 0 Å². The number of anilines is 1. The van der Waals surface area contributed by atoms with E-state index in [9.17, 15) is 0 Å². The van der Waals surface area contributed by atoms with Crippen molar-refractivity contribution < 1.29 is 0 Å². The summed E-state index contributed by atoms with van der Waals surface area (Å²) in [6.07, 6.45) is 1.74. The van der Waals surface area contributed by atoms with Gasteiger partial charge in [0.15, 0.2) is 0 Å². The van der Waals surface area contributed by atoms with Gasteiger partial charge in [0.25, 0.3) is 0 Å². The molecule has 0 aromatic carbocycles. The molecule has 0 fully saturated rings. The van der Waals surface area contributed by atoms with Crippen LogP contribution < -0.4 is 5.73 Å². The number of pyridine rings is 1. The zero-order chi connectivity index (χ0) is 10.5. The third kappa shape index (κ3) is 1.45. The van der Waals surface area contributed by atoms with Gasteiger partial charge in [-0.25, -0.2) is 4.98 Å². The van der Waals surface area contributed by atoms with Crippen LogP contribution in [0.4, 0.5) is 5.82 Å². The smallest absolute Gasteiger partial charge is 0.133 e. The molecule has 74 valence electrons. The average Bonchev–Trinajstić information content (AvgIpc) is 2.38. The lowest BCUT2D eigenvalue weighted by molar-refractivity contribution is 0.931. The summed E-state index contributed by atoms with van der Waals surface area (Å²) in [5.74, 6) is 0.589. The van der Waals surface area contributed by atoms with Crippen LogP contribution in [0.5, 0.6) is 0 Å². The lowest BCUT2D eigenvalue weighted by Gasteiger charge is -2.01. The number of nitrogens with two attached hydrogens (primary N) is 1. The Balaban J connectivity index is 3.08. The van der Waals surface area contributed by atoms with Gasteiger partial charge in [0, 0.05) is 13.2 Å². The third-order valence-electron chi connectivity index (χ3n) is 2.07. The van der Waals surface area contributed by atoms with E-state index in [0.29, 0.717) is 5.82 Å². The summed E-state index contributed by atoms with van der Waals surface area (Å²) >= 11 is 8.09. The normalized spacial score (nSPS) is 11.1. The summed E-state index contributed by atoms with van der Waals surface area (Å²) < 4.78 is 5.43. The molecule has 0 amide bonds. The summed E-state index contributed by atoms with van der Waals surface area (Å²) in [5, 5.41) is 1.03. The van der Waals surface area contributed by atoms with Crippen LogP contribution in [0.25, 0.3) is 10.9 Å². The van der Waals surface area contributed by atoms with E-state index < -0.39 is 0 Å². The lowest BCUT2D eigenvalue weighted by atomic mass is 10.3. The molecule has 0 aliphatic rings. The number of nitrogen functional groups attached to an aromatic ring is 1. The minimum absolute atomic E-state index is 0.589. The van der Waals surface area contributed by atoms with Crippen LogP contribution in [0.15, 0.2) is 10.7 Å². The van der Waals surface area contributed by atoms with E-state index in [4.69, 9.17) is 5.73 Å². The van der Waals surface area contributed by atoms with Crippen molar-refractivity contribution >= 4 is 77.8 Å². The first kappa shape index (κ1) is 10.9. The van der Waals surface area contributed by atoms with Crippen LogP contribution in [-0.4, -0.2) is 9.55 Å². The molecule has 0 unspecified atom stereocenters. The van der Waals surface area contributed by atoms with Crippen LogP contribution in [0.3, 0.4) is 0 Å². The van der Waals surface area contributed by atoms with E-state index >= 15 is 0 Å². The molecule has 0 bridgehead atoms. The molecular formula is C8H6BrI2N3. The van der Waals surface area contributed by atoms with Crippen LogP contribution in [0, 0.1) is 7.27 Å². The molecule has 0 atom stereocenters. The Kier molecular flexibility index (Phi) is 2.95. The summed E-state index contributed by atoms with van der Waals surface area (Å²) in [5.41, 5.74) is 6.96. The molecule has 2 heterocycles. The molecule has 0 spiro atoms. The van der Waals surface area contributed by atoms with Gasteiger partial charge >= 0.3 is 0 Å². The molecule has 2 N–H and O–H groups in total. The number of hydrogen-bond donors (Lipinski definition) is 1. The minimum atomic E-state index is 0.589. The first-order chi connectivity index (χ1) is 6.54. The van der Waals surface area contributed by atoms with Crippen molar-refractivity contribution in [3.05, 3.63) is 17.9 Å². The second-order valence-corrected chi connectivity index (χ2v) is 5.83. The highest BCUT2D eigenvalue weighted by Gasteiger charge is 2.16. The topological polar surface area (TPSA) is 43.8 Å². The van der Waals surface area contributed by atoms with Crippen LogP contribution in [0.2, 0.25) is 0 Å². The van der Waals surface area contributed by atoms with Crippen molar-refractivity contribution in [2.24, 2.45) is 7.05 Å². The Morgan fingerprint density at radius 2 is 2.14 bits per heavy atom. The zero-order valence-electron chi connectivity index (χ0n) is 7.18. The SMILES string of the molecule is Cn1c(I)c(I)c2c(N)ncc(Br)c21. The number of fused-ring (bicyclic) bond motifs is 1. The van der Waals surface area contributed by atoms with Gasteiger partial charge in [-0.05, 0) is 61.1 Å². The van der Waals surface area contributed by atoms with E-state index in [1.807, 2.05) is 7.05 Å². The first-order valence-corrected chi connectivity index (χ1v) is 6.72. The van der Waals surface area contributed by atoms with Gasteiger partial charge in [0.05, 0.1) is 22.6 Å². The second kappa shape index (κ2) is 3.78. The standard InChI is InChI=1S/C8H6BrI2N3/c1-14-6-3(9)2-13-8(12)4(6)5(10)7(14)11/h2H,1H3,(H2,12,13). The van der Waals surface area contributed by atoms with Crippen molar-refractivity contribution in [3.63, 3.8) is 0 Å². The molecular weight excluding hydrogens is 472 g/mol. The predicted octanol–water partition coefficient (Wildman–Crippen LogP) is 3.13. The molecule has 0 radical (unpaired) electrons. The maximum Gasteiger partial charge on any atom is 0.133 e. The summed E-state index contributed by atoms with van der Waals surface area (Å²) in [6.45, 7) is 0.